The van der Waals surface area contributed by atoms with Gasteiger partial charge in [0.05, 0.1) is 0 Å². The molecule has 0 aliphatic carbocycles. The van der Waals surface area contributed by atoms with Crippen molar-refractivity contribution in [3.63, 3.8) is 0 Å². The number of nitrogens with zero attached hydrogens (tertiary/aromatic N) is 4. The van der Waals surface area contributed by atoms with Crippen molar-refractivity contribution in [2.24, 2.45) is 10.9 Å². The molecule has 2 N–H and O–H groups in total. The highest BCUT2D eigenvalue weighted by Crippen LogP contribution is 2.20. The Balaban J connectivity index is 0.00000338. The molecule has 0 atom stereocenters. The molecule has 1 aliphatic heterocycles. The SMILES string of the molecule is CN=C(NCCc1nc(C(C)C)no1)N1CCC(CC(=O)NC)CC1.I. The van der Waals surface area contributed by atoms with Crippen LogP contribution in [0.15, 0.2) is 9.52 Å². The largest absolute Gasteiger partial charge is 0.359 e. The van der Waals surface area contributed by atoms with Gasteiger partial charge in [-0.2, -0.15) is 4.98 Å². The van der Waals surface area contributed by atoms with Crippen LogP contribution in [0.2, 0.25) is 0 Å². The van der Waals surface area contributed by atoms with E-state index in [1.165, 1.54) is 0 Å². The van der Waals surface area contributed by atoms with E-state index in [1.807, 2.05) is 13.8 Å². The number of guanidine groups is 1. The number of carbonyl (C=O) groups excluding carboxylic acids is 1. The molecule has 1 amide bonds. The lowest BCUT2D eigenvalue weighted by atomic mass is 9.93. The smallest absolute Gasteiger partial charge is 0.228 e. The van der Waals surface area contributed by atoms with Crippen molar-refractivity contribution in [1.29, 1.82) is 0 Å². The van der Waals surface area contributed by atoms with Crippen molar-refractivity contribution in [3.05, 3.63) is 11.7 Å². The molecule has 9 heteroatoms. The highest BCUT2D eigenvalue weighted by Gasteiger charge is 2.23. The van der Waals surface area contributed by atoms with Crippen molar-refractivity contribution in [3.8, 4) is 0 Å². The summed E-state index contributed by atoms with van der Waals surface area (Å²) in [5.74, 6) is 3.15. The first-order chi connectivity index (χ1) is 12.0. The van der Waals surface area contributed by atoms with Gasteiger partial charge in [-0.1, -0.05) is 19.0 Å². The fraction of sp³-hybridized carbons (Fsp3) is 0.765. The molecule has 0 unspecified atom stereocenters. The van der Waals surface area contributed by atoms with Gasteiger partial charge in [0.1, 0.15) is 0 Å². The van der Waals surface area contributed by atoms with Crippen molar-refractivity contribution < 1.29 is 9.32 Å². The zero-order valence-corrected chi connectivity index (χ0v) is 18.4. The lowest BCUT2D eigenvalue weighted by molar-refractivity contribution is -0.121. The summed E-state index contributed by atoms with van der Waals surface area (Å²) in [5, 5.41) is 10.0. The summed E-state index contributed by atoms with van der Waals surface area (Å²) < 4.78 is 5.26. The Labute approximate surface area is 172 Å². The predicted molar refractivity (Wildman–Crippen MR) is 112 cm³/mol. The van der Waals surface area contributed by atoms with Crippen molar-refractivity contribution in [2.75, 3.05) is 33.7 Å². The average Bonchev–Trinajstić information content (AvgIpc) is 3.09. The summed E-state index contributed by atoms with van der Waals surface area (Å²) in [7, 11) is 3.49. The number of hydrogen-bond acceptors (Lipinski definition) is 5. The molecule has 0 radical (unpaired) electrons. The molecule has 8 nitrogen and oxygen atoms in total. The van der Waals surface area contributed by atoms with Gasteiger partial charge in [0.25, 0.3) is 0 Å². The van der Waals surface area contributed by atoms with Gasteiger partial charge < -0.3 is 20.1 Å². The van der Waals surface area contributed by atoms with Crippen LogP contribution >= 0.6 is 24.0 Å². The van der Waals surface area contributed by atoms with Gasteiger partial charge in [-0.15, -0.1) is 24.0 Å². The van der Waals surface area contributed by atoms with Crippen LogP contribution in [0.4, 0.5) is 0 Å². The second-order valence-corrected chi connectivity index (χ2v) is 6.73. The maximum atomic E-state index is 11.5. The topological polar surface area (TPSA) is 95.7 Å². The maximum Gasteiger partial charge on any atom is 0.228 e. The van der Waals surface area contributed by atoms with Crippen LogP contribution in [0.3, 0.4) is 0 Å². The van der Waals surface area contributed by atoms with E-state index in [-0.39, 0.29) is 35.8 Å². The fourth-order valence-corrected chi connectivity index (χ4v) is 2.93. The Bertz CT molecular complexity index is 582. The third-order valence-electron chi connectivity index (χ3n) is 4.50. The number of likely N-dealkylation sites (tertiary alicyclic amines) is 1. The second-order valence-electron chi connectivity index (χ2n) is 6.73. The number of piperidine rings is 1. The van der Waals surface area contributed by atoms with E-state index in [0.717, 1.165) is 37.7 Å². The van der Waals surface area contributed by atoms with Crippen LogP contribution in [0, 0.1) is 5.92 Å². The van der Waals surface area contributed by atoms with Gasteiger partial charge in [0.15, 0.2) is 11.8 Å². The zero-order chi connectivity index (χ0) is 18.2. The molecule has 0 bridgehead atoms. The lowest BCUT2D eigenvalue weighted by Gasteiger charge is -2.34. The zero-order valence-electron chi connectivity index (χ0n) is 16.1. The van der Waals surface area contributed by atoms with Crippen molar-refractivity contribution in [1.82, 2.24) is 25.7 Å². The molecule has 1 aliphatic rings. The molecule has 1 aromatic rings. The van der Waals surface area contributed by atoms with Gasteiger partial charge in [-0.3, -0.25) is 9.79 Å². The minimum absolute atomic E-state index is 0. The first-order valence-corrected chi connectivity index (χ1v) is 9.02. The fourth-order valence-electron chi connectivity index (χ4n) is 2.93. The highest BCUT2D eigenvalue weighted by atomic mass is 127. The first kappa shape index (κ1) is 22.7. The molecule has 1 saturated heterocycles. The summed E-state index contributed by atoms with van der Waals surface area (Å²) >= 11 is 0. The number of carbonyl (C=O) groups is 1. The normalized spacial score (nSPS) is 15.7. The van der Waals surface area contributed by atoms with E-state index in [1.54, 1.807) is 14.1 Å². The Morgan fingerprint density at radius 1 is 1.38 bits per heavy atom. The summed E-state index contributed by atoms with van der Waals surface area (Å²) in [5.41, 5.74) is 0. The van der Waals surface area contributed by atoms with E-state index >= 15 is 0 Å². The van der Waals surface area contributed by atoms with E-state index in [9.17, 15) is 4.79 Å². The number of aliphatic imine (C=N–C) groups is 1. The summed E-state index contributed by atoms with van der Waals surface area (Å²) in [6, 6.07) is 0. The monoisotopic (exact) mass is 478 g/mol. The van der Waals surface area contributed by atoms with Crippen LogP contribution in [-0.2, 0) is 11.2 Å². The minimum Gasteiger partial charge on any atom is -0.359 e. The van der Waals surface area contributed by atoms with Crippen LogP contribution in [-0.4, -0.2) is 60.6 Å². The molecule has 0 saturated carbocycles. The molecule has 1 aromatic heterocycles. The molecule has 0 aromatic carbocycles. The molecule has 148 valence electrons. The Morgan fingerprint density at radius 2 is 2.08 bits per heavy atom. The average molecular weight is 478 g/mol. The van der Waals surface area contributed by atoms with E-state index in [4.69, 9.17) is 4.52 Å². The van der Waals surface area contributed by atoms with E-state index in [2.05, 4.69) is 30.7 Å². The van der Waals surface area contributed by atoms with Gasteiger partial charge >= 0.3 is 0 Å². The molecule has 0 spiro atoms. The summed E-state index contributed by atoms with van der Waals surface area (Å²) in [4.78, 5) is 22.5. The number of hydrogen-bond donors (Lipinski definition) is 2. The molecule has 1 fully saturated rings. The van der Waals surface area contributed by atoms with Crippen molar-refractivity contribution in [2.45, 2.75) is 45.4 Å². The van der Waals surface area contributed by atoms with Crippen LogP contribution in [0.25, 0.3) is 0 Å². The maximum absolute atomic E-state index is 11.5. The Hall–Kier alpha value is -1.39. The number of rotatable bonds is 6. The summed E-state index contributed by atoms with van der Waals surface area (Å²) in [6.45, 7) is 6.62. The van der Waals surface area contributed by atoms with Crippen molar-refractivity contribution >= 4 is 35.8 Å². The second kappa shape index (κ2) is 11.3. The first-order valence-electron chi connectivity index (χ1n) is 9.02. The van der Waals surface area contributed by atoms with Gasteiger partial charge in [-0.25, -0.2) is 0 Å². The van der Waals surface area contributed by atoms with Gasteiger partial charge in [0, 0.05) is 52.5 Å². The third-order valence-corrected chi connectivity index (χ3v) is 4.50. The Kier molecular flexibility index (Phi) is 9.89. The van der Waals surface area contributed by atoms with Crippen LogP contribution < -0.4 is 10.6 Å². The molecule has 2 heterocycles. The predicted octanol–water partition coefficient (Wildman–Crippen LogP) is 1.78. The van der Waals surface area contributed by atoms with Crippen LogP contribution in [0.5, 0.6) is 0 Å². The quantitative estimate of drug-likeness (QED) is 0.368. The summed E-state index contributed by atoms with van der Waals surface area (Å²) in [6.07, 6.45) is 3.31. The highest BCUT2D eigenvalue weighted by molar-refractivity contribution is 14.0. The van der Waals surface area contributed by atoms with Crippen LogP contribution in [0.1, 0.15) is 50.7 Å². The molecular weight excluding hydrogens is 447 g/mol. The van der Waals surface area contributed by atoms with E-state index < -0.39 is 0 Å². The Morgan fingerprint density at radius 3 is 2.62 bits per heavy atom. The minimum atomic E-state index is 0. The van der Waals surface area contributed by atoms with E-state index in [0.29, 0.717) is 31.2 Å². The number of nitrogens with one attached hydrogen (secondary N) is 2. The molecular formula is C17H31IN6O2. The van der Waals surface area contributed by atoms with Gasteiger partial charge in [0.2, 0.25) is 11.8 Å². The lowest BCUT2D eigenvalue weighted by Crippen LogP contribution is -2.46. The molecule has 26 heavy (non-hydrogen) atoms. The van der Waals surface area contributed by atoms with Gasteiger partial charge in [-0.05, 0) is 18.8 Å². The third kappa shape index (κ3) is 6.73. The number of amides is 1. The molecule has 2 rings (SSSR count). The number of halogens is 1. The number of aromatic nitrogens is 2. The standard InChI is InChI=1S/C17H30N6O2.HI/c1-12(2)16-21-15(25-22-16)5-8-20-17(19-4)23-9-6-13(7-10-23)11-14(24)18-3;/h12-13H,5-11H2,1-4H3,(H,18,24)(H,19,20);1H.